The van der Waals surface area contributed by atoms with E-state index >= 15 is 0 Å². The van der Waals surface area contributed by atoms with Gasteiger partial charge in [0.25, 0.3) is 0 Å². The third kappa shape index (κ3) is 6.43. The van der Waals surface area contributed by atoms with Gasteiger partial charge in [0.1, 0.15) is 11.5 Å². The van der Waals surface area contributed by atoms with Crippen LogP contribution in [0, 0.1) is 0 Å². The van der Waals surface area contributed by atoms with E-state index < -0.39 is 6.36 Å². The summed E-state index contributed by atoms with van der Waals surface area (Å²) in [6, 6.07) is 9.00. The number of rotatable bonds is 8. The van der Waals surface area contributed by atoms with Crippen LogP contribution in [-0.2, 0) is 22.7 Å². The first-order valence-corrected chi connectivity index (χ1v) is 6.95. The molecule has 0 saturated heterocycles. The average Bonchev–Trinajstić information content (AvgIpc) is 2.54. The van der Waals surface area contributed by atoms with Crippen molar-refractivity contribution in [3.63, 3.8) is 0 Å². The van der Waals surface area contributed by atoms with Crippen molar-refractivity contribution in [3.8, 4) is 11.5 Å². The monoisotopic (exact) mass is 343 g/mol. The summed E-state index contributed by atoms with van der Waals surface area (Å²) in [5.41, 5.74) is 1.43. The van der Waals surface area contributed by atoms with E-state index in [2.05, 4.69) is 9.72 Å². The maximum atomic E-state index is 12.1. The van der Waals surface area contributed by atoms with Gasteiger partial charge in [0.05, 0.1) is 25.1 Å². The lowest BCUT2D eigenvalue weighted by Crippen LogP contribution is -2.17. The molecule has 1 heterocycles. The van der Waals surface area contributed by atoms with Crippen LogP contribution in [0.5, 0.6) is 11.5 Å². The minimum Gasteiger partial charge on any atom is -0.466 e. The zero-order valence-electron chi connectivity index (χ0n) is 12.9. The SMILES string of the molecule is COCOc1ccc(COCc2ccc(OC(F)(F)F)cc2)nc1. The Morgan fingerprint density at radius 1 is 0.958 bits per heavy atom. The molecule has 0 amide bonds. The van der Waals surface area contributed by atoms with E-state index in [0.29, 0.717) is 11.4 Å². The van der Waals surface area contributed by atoms with Gasteiger partial charge in [-0.1, -0.05) is 12.1 Å². The average molecular weight is 343 g/mol. The van der Waals surface area contributed by atoms with Crippen LogP contribution in [0.2, 0.25) is 0 Å². The molecule has 0 fully saturated rings. The van der Waals surface area contributed by atoms with Crippen LogP contribution in [0.3, 0.4) is 0 Å². The number of benzene rings is 1. The lowest BCUT2D eigenvalue weighted by atomic mass is 10.2. The number of aromatic nitrogens is 1. The second kappa shape index (κ2) is 8.51. The van der Waals surface area contributed by atoms with Gasteiger partial charge in [0, 0.05) is 7.11 Å². The van der Waals surface area contributed by atoms with E-state index in [0.717, 1.165) is 5.56 Å². The molecule has 0 N–H and O–H groups in total. The summed E-state index contributed by atoms with van der Waals surface area (Å²) < 4.78 is 55.4. The van der Waals surface area contributed by atoms with Crippen molar-refractivity contribution in [2.45, 2.75) is 19.6 Å². The zero-order chi connectivity index (χ0) is 17.4. The van der Waals surface area contributed by atoms with Gasteiger partial charge in [0.2, 0.25) is 0 Å². The first-order valence-electron chi connectivity index (χ1n) is 6.95. The second-order valence-corrected chi connectivity index (χ2v) is 4.72. The molecular weight excluding hydrogens is 327 g/mol. The van der Waals surface area contributed by atoms with Crippen LogP contribution >= 0.6 is 0 Å². The second-order valence-electron chi connectivity index (χ2n) is 4.72. The van der Waals surface area contributed by atoms with Gasteiger partial charge < -0.3 is 18.9 Å². The summed E-state index contributed by atoms with van der Waals surface area (Å²) in [7, 11) is 1.53. The highest BCUT2D eigenvalue weighted by Crippen LogP contribution is 2.23. The highest BCUT2D eigenvalue weighted by atomic mass is 19.4. The predicted octanol–water partition coefficient (Wildman–Crippen LogP) is 3.68. The van der Waals surface area contributed by atoms with Crippen LogP contribution in [0.25, 0.3) is 0 Å². The fourth-order valence-corrected chi connectivity index (χ4v) is 1.77. The lowest BCUT2D eigenvalue weighted by Gasteiger charge is -2.09. The summed E-state index contributed by atoms with van der Waals surface area (Å²) in [5, 5.41) is 0. The van der Waals surface area contributed by atoms with Crippen molar-refractivity contribution in [3.05, 3.63) is 53.9 Å². The highest BCUT2D eigenvalue weighted by Gasteiger charge is 2.30. The molecule has 0 aliphatic carbocycles. The third-order valence-corrected chi connectivity index (χ3v) is 2.82. The van der Waals surface area contributed by atoms with Crippen LogP contribution in [0.4, 0.5) is 13.2 Å². The molecule has 130 valence electrons. The summed E-state index contributed by atoms with van der Waals surface area (Å²) in [6.45, 7) is 0.660. The minimum absolute atomic E-state index is 0.144. The molecule has 24 heavy (non-hydrogen) atoms. The number of alkyl halides is 3. The van der Waals surface area contributed by atoms with Crippen molar-refractivity contribution >= 4 is 0 Å². The van der Waals surface area contributed by atoms with Gasteiger partial charge in [0.15, 0.2) is 6.79 Å². The van der Waals surface area contributed by atoms with Gasteiger partial charge in [-0.25, -0.2) is 0 Å². The van der Waals surface area contributed by atoms with Gasteiger partial charge in [-0.05, 0) is 29.8 Å². The molecule has 8 heteroatoms. The van der Waals surface area contributed by atoms with Crippen LogP contribution in [0.1, 0.15) is 11.3 Å². The molecule has 1 aromatic carbocycles. The predicted molar refractivity (Wildman–Crippen MR) is 78.4 cm³/mol. The van der Waals surface area contributed by atoms with E-state index in [1.165, 1.54) is 31.4 Å². The van der Waals surface area contributed by atoms with Gasteiger partial charge >= 0.3 is 6.36 Å². The molecule has 0 aliphatic heterocycles. The van der Waals surface area contributed by atoms with Crippen molar-refractivity contribution in [2.75, 3.05) is 13.9 Å². The van der Waals surface area contributed by atoms with E-state index in [-0.39, 0.29) is 25.8 Å². The van der Waals surface area contributed by atoms with E-state index in [9.17, 15) is 13.2 Å². The number of nitrogens with zero attached hydrogens (tertiary/aromatic N) is 1. The highest BCUT2D eigenvalue weighted by molar-refractivity contribution is 5.27. The summed E-state index contributed by atoms with van der Waals surface area (Å²) in [6.07, 6.45) is -3.14. The summed E-state index contributed by atoms with van der Waals surface area (Å²) >= 11 is 0. The molecule has 0 bridgehead atoms. The first kappa shape index (κ1) is 18.0. The Balaban J connectivity index is 1.77. The maximum absolute atomic E-state index is 12.1. The third-order valence-electron chi connectivity index (χ3n) is 2.82. The van der Waals surface area contributed by atoms with E-state index in [1.807, 2.05) is 0 Å². The van der Waals surface area contributed by atoms with E-state index in [1.54, 1.807) is 18.3 Å². The molecular formula is C16H16F3NO4. The normalized spacial score (nSPS) is 11.3. The van der Waals surface area contributed by atoms with Crippen LogP contribution in [0.15, 0.2) is 42.6 Å². The minimum atomic E-state index is -4.69. The zero-order valence-corrected chi connectivity index (χ0v) is 12.9. The molecule has 2 rings (SSSR count). The largest absolute Gasteiger partial charge is 0.573 e. The molecule has 0 atom stereocenters. The Bertz CT molecular complexity index is 615. The van der Waals surface area contributed by atoms with Crippen LogP contribution in [-0.4, -0.2) is 25.2 Å². The fraction of sp³-hybridized carbons (Fsp3) is 0.312. The molecule has 0 unspecified atom stereocenters. The summed E-state index contributed by atoms with van der Waals surface area (Å²) in [4.78, 5) is 4.17. The van der Waals surface area contributed by atoms with Gasteiger partial charge in [-0.15, -0.1) is 13.2 Å². The number of methoxy groups -OCH3 is 1. The molecule has 1 aromatic heterocycles. The number of halogens is 3. The molecule has 5 nitrogen and oxygen atoms in total. The topological polar surface area (TPSA) is 49.8 Å². The van der Waals surface area contributed by atoms with Crippen molar-refractivity contribution in [1.82, 2.24) is 4.98 Å². The number of ether oxygens (including phenoxy) is 4. The number of hydrogen-bond donors (Lipinski definition) is 0. The standard InChI is InChI=1S/C16H16F3NO4/c1-21-11-23-15-7-4-13(20-8-15)10-22-9-12-2-5-14(6-3-12)24-16(17,18)19/h2-8H,9-11H2,1H3. The Labute approximate surface area is 136 Å². The lowest BCUT2D eigenvalue weighted by molar-refractivity contribution is -0.274. The van der Waals surface area contributed by atoms with Gasteiger partial charge in [-0.3, -0.25) is 4.98 Å². The summed E-state index contributed by atoms with van der Waals surface area (Å²) in [5.74, 6) is 0.320. The Kier molecular flexibility index (Phi) is 6.39. The van der Waals surface area contributed by atoms with Crippen molar-refractivity contribution < 1.29 is 32.1 Å². The Morgan fingerprint density at radius 2 is 1.67 bits per heavy atom. The van der Waals surface area contributed by atoms with Gasteiger partial charge in [-0.2, -0.15) is 0 Å². The smallest absolute Gasteiger partial charge is 0.466 e. The number of pyridine rings is 1. The number of hydrogen-bond acceptors (Lipinski definition) is 5. The molecule has 0 aliphatic rings. The molecule has 0 saturated carbocycles. The fourth-order valence-electron chi connectivity index (χ4n) is 1.77. The quantitative estimate of drug-likeness (QED) is 0.685. The van der Waals surface area contributed by atoms with Crippen molar-refractivity contribution in [1.29, 1.82) is 0 Å². The molecule has 0 radical (unpaired) electrons. The van der Waals surface area contributed by atoms with Crippen LogP contribution < -0.4 is 9.47 Å². The Hall–Kier alpha value is -2.32. The molecule has 2 aromatic rings. The van der Waals surface area contributed by atoms with Crippen molar-refractivity contribution in [2.24, 2.45) is 0 Å². The first-order chi connectivity index (χ1) is 11.5. The maximum Gasteiger partial charge on any atom is 0.573 e. The molecule has 0 spiro atoms. The van der Waals surface area contributed by atoms with E-state index in [4.69, 9.17) is 14.2 Å². The Morgan fingerprint density at radius 3 is 2.25 bits per heavy atom.